The molecule has 0 aliphatic rings. The standard InChI is InChI=1S/C14H19NO5S/c1-15-13(16)8-5-9-21(19,20)12(14(17)18)10-11-6-3-2-4-7-11/h2-4,6-7,12H,5,8-10H2,1H3,(H,15,16)(H,17,18). The zero-order valence-electron chi connectivity index (χ0n) is 11.8. The molecule has 1 amide bonds. The van der Waals surface area contributed by atoms with E-state index in [4.69, 9.17) is 5.11 Å². The van der Waals surface area contributed by atoms with Crippen LogP contribution in [0.1, 0.15) is 18.4 Å². The molecule has 1 aromatic carbocycles. The van der Waals surface area contributed by atoms with Crippen molar-refractivity contribution in [2.75, 3.05) is 12.8 Å². The quantitative estimate of drug-likeness (QED) is 0.733. The summed E-state index contributed by atoms with van der Waals surface area (Å²) in [6, 6.07) is 8.61. The number of carboxylic acids is 1. The maximum Gasteiger partial charge on any atom is 0.322 e. The molecule has 0 bridgehead atoms. The van der Waals surface area contributed by atoms with E-state index in [9.17, 15) is 18.0 Å². The highest BCUT2D eigenvalue weighted by atomic mass is 32.2. The topological polar surface area (TPSA) is 101 Å². The summed E-state index contributed by atoms with van der Waals surface area (Å²) < 4.78 is 24.3. The number of hydrogen-bond acceptors (Lipinski definition) is 4. The molecule has 0 aromatic heterocycles. The highest BCUT2D eigenvalue weighted by Gasteiger charge is 2.32. The van der Waals surface area contributed by atoms with E-state index < -0.39 is 21.1 Å². The van der Waals surface area contributed by atoms with Gasteiger partial charge in [-0.1, -0.05) is 30.3 Å². The fraction of sp³-hybridized carbons (Fsp3) is 0.429. The van der Waals surface area contributed by atoms with Crippen LogP contribution in [0.4, 0.5) is 0 Å². The summed E-state index contributed by atoms with van der Waals surface area (Å²) in [4.78, 5) is 22.3. The predicted octanol–water partition coefficient (Wildman–Crippen LogP) is 0.623. The number of sulfone groups is 1. The molecule has 0 saturated heterocycles. The van der Waals surface area contributed by atoms with Gasteiger partial charge in [0.1, 0.15) is 0 Å². The van der Waals surface area contributed by atoms with E-state index in [2.05, 4.69) is 5.32 Å². The number of aliphatic carboxylic acids is 1. The van der Waals surface area contributed by atoms with Crippen molar-refractivity contribution < 1.29 is 23.1 Å². The molecule has 21 heavy (non-hydrogen) atoms. The van der Waals surface area contributed by atoms with Gasteiger partial charge in [-0.2, -0.15) is 0 Å². The Morgan fingerprint density at radius 3 is 2.38 bits per heavy atom. The first-order chi connectivity index (χ1) is 9.86. The van der Waals surface area contributed by atoms with Gasteiger partial charge in [0.05, 0.1) is 5.75 Å². The monoisotopic (exact) mass is 313 g/mol. The van der Waals surface area contributed by atoms with E-state index in [1.165, 1.54) is 7.05 Å². The summed E-state index contributed by atoms with van der Waals surface area (Å²) in [6.45, 7) is 0. The van der Waals surface area contributed by atoms with Gasteiger partial charge in [-0.3, -0.25) is 9.59 Å². The first kappa shape index (κ1) is 17.2. The SMILES string of the molecule is CNC(=O)CCCS(=O)(=O)C(Cc1ccccc1)C(=O)O. The minimum absolute atomic E-state index is 0.0629. The predicted molar refractivity (Wildman–Crippen MR) is 78.7 cm³/mol. The Morgan fingerprint density at radius 2 is 1.86 bits per heavy atom. The van der Waals surface area contributed by atoms with Crippen molar-refractivity contribution in [2.45, 2.75) is 24.5 Å². The molecule has 0 radical (unpaired) electrons. The van der Waals surface area contributed by atoms with Gasteiger partial charge in [0, 0.05) is 13.5 Å². The third-order valence-electron chi connectivity index (χ3n) is 3.08. The highest BCUT2D eigenvalue weighted by molar-refractivity contribution is 7.92. The van der Waals surface area contributed by atoms with Crippen LogP contribution in [0.2, 0.25) is 0 Å². The summed E-state index contributed by atoms with van der Waals surface area (Å²) >= 11 is 0. The maximum absolute atomic E-state index is 12.1. The second-order valence-corrected chi connectivity index (χ2v) is 6.96. The third-order valence-corrected chi connectivity index (χ3v) is 5.18. The van der Waals surface area contributed by atoms with Gasteiger partial charge in [-0.15, -0.1) is 0 Å². The lowest BCUT2D eigenvalue weighted by molar-refractivity contribution is -0.136. The molecule has 0 aliphatic heterocycles. The van der Waals surface area contributed by atoms with Crippen LogP contribution in [0.25, 0.3) is 0 Å². The average Bonchev–Trinajstić information content (AvgIpc) is 2.45. The lowest BCUT2D eigenvalue weighted by Gasteiger charge is -2.13. The van der Waals surface area contributed by atoms with E-state index in [1.54, 1.807) is 30.3 Å². The van der Waals surface area contributed by atoms with Gasteiger partial charge < -0.3 is 10.4 Å². The largest absolute Gasteiger partial charge is 0.480 e. The summed E-state index contributed by atoms with van der Waals surface area (Å²) in [5.41, 5.74) is 0.653. The molecule has 1 atom stereocenters. The Morgan fingerprint density at radius 1 is 1.24 bits per heavy atom. The first-order valence-corrected chi connectivity index (χ1v) is 8.27. The van der Waals surface area contributed by atoms with Crippen LogP contribution < -0.4 is 5.32 Å². The minimum Gasteiger partial charge on any atom is -0.480 e. The Kier molecular flexibility index (Phi) is 6.36. The second-order valence-electron chi connectivity index (χ2n) is 4.66. The molecular weight excluding hydrogens is 294 g/mol. The van der Waals surface area contributed by atoms with Crippen LogP contribution in [0.3, 0.4) is 0 Å². The molecule has 116 valence electrons. The van der Waals surface area contributed by atoms with Gasteiger partial charge in [0.25, 0.3) is 0 Å². The molecule has 1 unspecified atom stereocenters. The third kappa shape index (κ3) is 5.55. The molecule has 0 heterocycles. The van der Waals surface area contributed by atoms with Crippen LogP contribution in [0.15, 0.2) is 30.3 Å². The lowest BCUT2D eigenvalue weighted by Crippen LogP contribution is -2.34. The minimum atomic E-state index is -3.80. The molecular formula is C14H19NO5S. The summed E-state index contributed by atoms with van der Waals surface area (Å²) in [6.07, 6.45) is 0.104. The van der Waals surface area contributed by atoms with Crippen LogP contribution in [0.5, 0.6) is 0 Å². The lowest BCUT2D eigenvalue weighted by atomic mass is 10.1. The Hall–Kier alpha value is -1.89. The van der Waals surface area contributed by atoms with Crippen molar-refractivity contribution in [3.05, 3.63) is 35.9 Å². The van der Waals surface area contributed by atoms with Crippen molar-refractivity contribution in [2.24, 2.45) is 0 Å². The van der Waals surface area contributed by atoms with Gasteiger partial charge in [0.2, 0.25) is 5.91 Å². The molecule has 1 rings (SSSR count). The van der Waals surface area contributed by atoms with Crippen LogP contribution >= 0.6 is 0 Å². The average molecular weight is 313 g/mol. The van der Waals surface area contributed by atoms with E-state index in [1.807, 2.05) is 0 Å². The molecule has 6 nitrogen and oxygen atoms in total. The van der Waals surface area contributed by atoms with E-state index in [-0.39, 0.29) is 30.9 Å². The second kappa shape index (κ2) is 7.78. The number of carbonyl (C=O) groups is 2. The number of benzene rings is 1. The van der Waals surface area contributed by atoms with Crippen molar-refractivity contribution >= 4 is 21.7 Å². The fourth-order valence-corrected chi connectivity index (χ4v) is 3.48. The normalized spacial score (nSPS) is 12.6. The van der Waals surface area contributed by atoms with Crippen LogP contribution in [-0.4, -0.2) is 43.5 Å². The van der Waals surface area contributed by atoms with Gasteiger partial charge >= 0.3 is 5.97 Å². The summed E-state index contributed by atoms with van der Waals surface area (Å²) in [7, 11) is -2.34. The molecule has 1 aromatic rings. The van der Waals surface area contributed by atoms with Gasteiger partial charge in [0.15, 0.2) is 15.1 Å². The van der Waals surface area contributed by atoms with Crippen LogP contribution in [-0.2, 0) is 25.8 Å². The number of nitrogens with one attached hydrogen (secondary N) is 1. The molecule has 0 fully saturated rings. The number of amides is 1. The smallest absolute Gasteiger partial charge is 0.322 e. The fourth-order valence-electron chi connectivity index (χ4n) is 1.90. The number of carboxylic acid groups (broad SMARTS) is 1. The molecule has 0 saturated carbocycles. The van der Waals surface area contributed by atoms with Gasteiger partial charge in [-0.05, 0) is 18.4 Å². The number of rotatable bonds is 8. The first-order valence-electron chi connectivity index (χ1n) is 6.55. The highest BCUT2D eigenvalue weighted by Crippen LogP contribution is 2.13. The summed E-state index contributed by atoms with van der Waals surface area (Å²) in [5.74, 6) is -1.94. The Labute approximate surface area is 124 Å². The number of carbonyl (C=O) groups excluding carboxylic acids is 1. The van der Waals surface area contributed by atoms with Crippen LogP contribution in [0, 0.1) is 0 Å². The van der Waals surface area contributed by atoms with E-state index >= 15 is 0 Å². The molecule has 0 spiro atoms. The zero-order valence-corrected chi connectivity index (χ0v) is 12.6. The molecule has 0 aliphatic carbocycles. The molecule has 2 N–H and O–H groups in total. The Balaban J connectivity index is 2.74. The van der Waals surface area contributed by atoms with Crippen molar-refractivity contribution in [3.8, 4) is 0 Å². The van der Waals surface area contributed by atoms with Crippen molar-refractivity contribution in [1.29, 1.82) is 0 Å². The maximum atomic E-state index is 12.1. The van der Waals surface area contributed by atoms with Crippen molar-refractivity contribution in [3.63, 3.8) is 0 Å². The Bertz CT molecular complexity index is 583. The zero-order chi connectivity index (χ0) is 15.9. The number of hydrogen-bond donors (Lipinski definition) is 2. The van der Waals surface area contributed by atoms with E-state index in [0.29, 0.717) is 5.56 Å². The van der Waals surface area contributed by atoms with Crippen molar-refractivity contribution in [1.82, 2.24) is 5.32 Å². The van der Waals surface area contributed by atoms with E-state index in [0.717, 1.165) is 0 Å². The summed E-state index contributed by atoms with van der Waals surface area (Å²) in [5, 5.41) is 10.1. The van der Waals surface area contributed by atoms with Gasteiger partial charge in [-0.25, -0.2) is 8.42 Å². The molecule has 7 heteroatoms.